The molecule has 0 aliphatic carbocycles. The average molecular weight is 338 g/mol. The highest BCUT2D eigenvalue weighted by Gasteiger charge is 2.21. The normalized spacial score (nSPS) is 10.8. The molecule has 0 bridgehead atoms. The maximum Gasteiger partial charge on any atom is 0.355 e. The summed E-state index contributed by atoms with van der Waals surface area (Å²) in [4.78, 5) is 26.9. The molecular formula is C17H20ClNO4. The number of carbonyl (C=O) groups excluding carboxylic acids is 2. The standard InChI is InChI=1S/C17H20ClNO4/c1-4-22-14(20)9-7-12-11-6-8-13(18)10(3)15(11)19-16(12)17(21)23-5-2/h6,8,19H,4-5,7,9H2,1-3H3. The molecule has 0 atom stereocenters. The highest BCUT2D eigenvalue weighted by molar-refractivity contribution is 6.32. The second-order valence-corrected chi connectivity index (χ2v) is 5.51. The van der Waals surface area contributed by atoms with Crippen molar-refractivity contribution in [1.82, 2.24) is 4.98 Å². The Hall–Kier alpha value is -2.01. The Kier molecular flexibility index (Phi) is 5.66. The van der Waals surface area contributed by atoms with Gasteiger partial charge in [-0.05, 0) is 44.4 Å². The molecule has 2 aromatic rings. The smallest absolute Gasteiger partial charge is 0.355 e. The van der Waals surface area contributed by atoms with Crippen LogP contribution in [0.3, 0.4) is 0 Å². The van der Waals surface area contributed by atoms with E-state index in [4.69, 9.17) is 21.1 Å². The molecule has 124 valence electrons. The van der Waals surface area contributed by atoms with Crippen LogP contribution in [0.1, 0.15) is 41.9 Å². The van der Waals surface area contributed by atoms with Gasteiger partial charge in [-0.1, -0.05) is 17.7 Å². The molecule has 6 heteroatoms. The molecule has 0 spiro atoms. The number of rotatable bonds is 6. The molecule has 23 heavy (non-hydrogen) atoms. The van der Waals surface area contributed by atoms with E-state index in [1.165, 1.54) is 0 Å². The van der Waals surface area contributed by atoms with E-state index in [2.05, 4.69) is 4.98 Å². The summed E-state index contributed by atoms with van der Waals surface area (Å²) < 4.78 is 10.1. The van der Waals surface area contributed by atoms with E-state index in [1.807, 2.05) is 13.0 Å². The van der Waals surface area contributed by atoms with Crippen molar-refractivity contribution < 1.29 is 19.1 Å². The molecule has 0 unspecified atom stereocenters. The molecule has 1 N–H and O–H groups in total. The van der Waals surface area contributed by atoms with Crippen molar-refractivity contribution in [1.29, 1.82) is 0 Å². The Balaban J connectivity index is 2.45. The molecule has 5 nitrogen and oxygen atoms in total. The predicted molar refractivity (Wildman–Crippen MR) is 89.0 cm³/mol. The Morgan fingerprint density at radius 2 is 1.87 bits per heavy atom. The first-order valence-electron chi connectivity index (χ1n) is 7.61. The number of hydrogen-bond donors (Lipinski definition) is 1. The van der Waals surface area contributed by atoms with Gasteiger partial charge in [0.2, 0.25) is 0 Å². The lowest BCUT2D eigenvalue weighted by atomic mass is 10.0. The van der Waals surface area contributed by atoms with Gasteiger partial charge >= 0.3 is 11.9 Å². The topological polar surface area (TPSA) is 68.4 Å². The number of benzene rings is 1. The van der Waals surface area contributed by atoms with E-state index in [-0.39, 0.29) is 19.0 Å². The molecule has 1 heterocycles. The van der Waals surface area contributed by atoms with Crippen molar-refractivity contribution in [3.8, 4) is 0 Å². The van der Waals surface area contributed by atoms with E-state index < -0.39 is 5.97 Å². The minimum atomic E-state index is -0.432. The molecule has 2 rings (SSSR count). The fraction of sp³-hybridized carbons (Fsp3) is 0.412. The molecule has 0 saturated carbocycles. The highest BCUT2D eigenvalue weighted by atomic mass is 35.5. The van der Waals surface area contributed by atoms with E-state index in [1.54, 1.807) is 19.9 Å². The second kappa shape index (κ2) is 7.51. The third-order valence-corrected chi connectivity index (χ3v) is 4.05. The first-order valence-corrected chi connectivity index (χ1v) is 7.99. The number of halogens is 1. The van der Waals surface area contributed by atoms with E-state index >= 15 is 0 Å². The summed E-state index contributed by atoms with van der Waals surface area (Å²) in [7, 11) is 0. The fourth-order valence-electron chi connectivity index (χ4n) is 2.53. The number of H-pyrrole nitrogens is 1. The number of aromatic amines is 1. The van der Waals surface area contributed by atoms with Crippen LogP contribution in [-0.2, 0) is 20.7 Å². The van der Waals surface area contributed by atoms with Gasteiger partial charge in [0.25, 0.3) is 0 Å². The van der Waals surface area contributed by atoms with Gasteiger partial charge in [-0.2, -0.15) is 0 Å². The molecule has 0 aliphatic rings. The van der Waals surface area contributed by atoms with Gasteiger partial charge in [0, 0.05) is 16.8 Å². The SMILES string of the molecule is CCOC(=O)CCc1c(C(=O)OCC)[nH]c2c(C)c(Cl)ccc12. The van der Waals surface area contributed by atoms with Crippen LogP contribution in [0.4, 0.5) is 0 Å². The fourth-order valence-corrected chi connectivity index (χ4v) is 2.69. The van der Waals surface area contributed by atoms with Crippen LogP contribution in [0, 0.1) is 6.92 Å². The van der Waals surface area contributed by atoms with E-state index in [9.17, 15) is 9.59 Å². The van der Waals surface area contributed by atoms with Crippen molar-refractivity contribution >= 4 is 34.4 Å². The number of esters is 2. The zero-order valence-corrected chi connectivity index (χ0v) is 14.3. The molecule has 0 aliphatic heterocycles. The van der Waals surface area contributed by atoms with E-state index in [0.717, 1.165) is 22.0 Å². The van der Waals surface area contributed by atoms with Crippen LogP contribution in [0.2, 0.25) is 5.02 Å². The molecule has 1 aromatic carbocycles. The van der Waals surface area contributed by atoms with Gasteiger partial charge in [0.15, 0.2) is 0 Å². The summed E-state index contributed by atoms with van der Waals surface area (Å²) in [6, 6.07) is 3.64. The van der Waals surface area contributed by atoms with Crippen molar-refractivity contribution in [3.05, 3.63) is 34.0 Å². The Labute approximate surface area is 139 Å². The monoisotopic (exact) mass is 337 g/mol. The van der Waals surface area contributed by atoms with Crippen molar-refractivity contribution in [3.63, 3.8) is 0 Å². The zero-order chi connectivity index (χ0) is 17.0. The summed E-state index contributed by atoms with van der Waals surface area (Å²) in [5.74, 6) is -0.722. The zero-order valence-electron chi connectivity index (χ0n) is 13.5. The summed E-state index contributed by atoms with van der Waals surface area (Å²) in [5, 5.41) is 1.49. The number of aromatic nitrogens is 1. The number of aryl methyl sites for hydroxylation is 2. The van der Waals surface area contributed by atoms with Gasteiger partial charge in [0.05, 0.1) is 18.7 Å². The summed E-state index contributed by atoms with van der Waals surface area (Å²) >= 11 is 6.15. The van der Waals surface area contributed by atoms with Crippen molar-refractivity contribution in [2.45, 2.75) is 33.6 Å². The average Bonchev–Trinajstić information content (AvgIpc) is 2.89. The maximum atomic E-state index is 12.2. The molecule has 0 fully saturated rings. The number of hydrogen-bond acceptors (Lipinski definition) is 4. The van der Waals surface area contributed by atoms with Gasteiger partial charge < -0.3 is 14.5 Å². The predicted octanol–water partition coefficient (Wildman–Crippen LogP) is 3.80. The van der Waals surface area contributed by atoms with Gasteiger partial charge in [-0.3, -0.25) is 4.79 Å². The first kappa shape index (κ1) is 17.3. The minimum absolute atomic E-state index is 0.203. The van der Waals surface area contributed by atoms with Crippen LogP contribution < -0.4 is 0 Å². The number of fused-ring (bicyclic) bond motifs is 1. The van der Waals surface area contributed by atoms with Crippen LogP contribution in [0.15, 0.2) is 12.1 Å². The first-order chi connectivity index (χ1) is 11.0. The molecule has 0 radical (unpaired) electrons. The molecule has 0 amide bonds. The van der Waals surface area contributed by atoms with Crippen molar-refractivity contribution in [2.75, 3.05) is 13.2 Å². The Morgan fingerprint density at radius 3 is 2.52 bits per heavy atom. The van der Waals surface area contributed by atoms with Crippen LogP contribution in [-0.4, -0.2) is 30.1 Å². The van der Waals surface area contributed by atoms with Gasteiger partial charge in [-0.25, -0.2) is 4.79 Å². The van der Waals surface area contributed by atoms with Crippen LogP contribution in [0.5, 0.6) is 0 Å². The summed E-state index contributed by atoms with van der Waals surface area (Å²) in [6.07, 6.45) is 0.600. The minimum Gasteiger partial charge on any atom is -0.466 e. The Morgan fingerprint density at radius 1 is 1.17 bits per heavy atom. The van der Waals surface area contributed by atoms with Crippen LogP contribution >= 0.6 is 11.6 Å². The number of nitrogens with one attached hydrogen (secondary N) is 1. The Bertz CT molecular complexity index is 736. The lowest BCUT2D eigenvalue weighted by Gasteiger charge is -2.05. The van der Waals surface area contributed by atoms with Crippen molar-refractivity contribution in [2.24, 2.45) is 0 Å². The summed E-state index contributed by atoms with van der Waals surface area (Å²) in [5.41, 5.74) is 2.78. The molecular weight excluding hydrogens is 318 g/mol. The third kappa shape index (κ3) is 3.67. The molecule has 1 aromatic heterocycles. The maximum absolute atomic E-state index is 12.2. The lowest BCUT2D eigenvalue weighted by molar-refractivity contribution is -0.143. The number of ether oxygens (including phenoxy) is 2. The number of carbonyl (C=O) groups is 2. The van der Waals surface area contributed by atoms with Gasteiger partial charge in [0.1, 0.15) is 5.69 Å². The largest absolute Gasteiger partial charge is 0.466 e. The highest BCUT2D eigenvalue weighted by Crippen LogP contribution is 2.30. The molecule has 0 saturated heterocycles. The quantitative estimate of drug-likeness (QED) is 0.814. The second-order valence-electron chi connectivity index (χ2n) is 5.10. The lowest BCUT2D eigenvalue weighted by Crippen LogP contribution is -2.10. The van der Waals surface area contributed by atoms with Crippen LogP contribution in [0.25, 0.3) is 10.9 Å². The summed E-state index contributed by atoms with van der Waals surface area (Å²) in [6.45, 7) is 6.02. The van der Waals surface area contributed by atoms with Gasteiger partial charge in [-0.15, -0.1) is 0 Å². The van der Waals surface area contributed by atoms with E-state index in [0.29, 0.717) is 23.7 Å². The third-order valence-electron chi connectivity index (χ3n) is 3.64.